The van der Waals surface area contributed by atoms with Crippen LogP contribution >= 0.6 is 0 Å². The summed E-state index contributed by atoms with van der Waals surface area (Å²) in [7, 11) is 0. The molecule has 0 spiro atoms. The van der Waals surface area contributed by atoms with Crippen LogP contribution in [0, 0.1) is 6.92 Å². The smallest absolute Gasteiger partial charge is 0.225 e. The average Bonchev–Trinajstić information content (AvgIpc) is 2.47. The van der Waals surface area contributed by atoms with Crippen LogP contribution in [0.4, 0.5) is 5.95 Å². The van der Waals surface area contributed by atoms with Gasteiger partial charge in [-0.05, 0) is 44.7 Å². The maximum Gasteiger partial charge on any atom is 0.225 e. The molecule has 0 radical (unpaired) electrons. The zero-order chi connectivity index (χ0) is 15.2. The summed E-state index contributed by atoms with van der Waals surface area (Å²) in [5.74, 6) is 1.31. The Morgan fingerprint density at radius 2 is 2.05 bits per heavy atom. The molecule has 0 amide bonds. The molecule has 5 heteroatoms. The first-order chi connectivity index (χ1) is 10.1. The van der Waals surface area contributed by atoms with Gasteiger partial charge in [0, 0.05) is 31.1 Å². The van der Waals surface area contributed by atoms with E-state index in [9.17, 15) is 0 Å². The monoisotopic (exact) mass is 292 g/mol. The zero-order valence-corrected chi connectivity index (χ0v) is 13.5. The first-order valence-electron chi connectivity index (χ1n) is 8.02. The Balaban J connectivity index is 1.93. The molecular weight excluding hydrogens is 264 g/mol. The normalized spacial score (nSPS) is 16.7. The van der Waals surface area contributed by atoms with Gasteiger partial charge >= 0.3 is 0 Å². The average molecular weight is 292 g/mol. The number of aromatic nitrogens is 2. The van der Waals surface area contributed by atoms with Crippen LogP contribution in [0.25, 0.3) is 0 Å². The first kappa shape index (κ1) is 16.2. The highest BCUT2D eigenvalue weighted by atomic mass is 16.5. The Hall–Kier alpha value is -1.20. The van der Waals surface area contributed by atoms with Crippen molar-refractivity contribution >= 4 is 5.95 Å². The number of ether oxygens (including phenoxy) is 1. The minimum Gasteiger partial charge on any atom is -0.378 e. The van der Waals surface area contributed by atoms with E-state index in [1.54, 1.807) is 0 Å². The predicted molar refractivity (Wildman–Crippen MR) is 85.7 cm³/mol. The maximum absolute atomic E-state index is 5.85. The summed E-state index contributed by atoms with van der Waals surface area (Å²) in [6.07, 6.45) is 3.39. The van der Waals surface area contributed by atoms with Crippen molar-refractivity contribution in [1.82, 2.24) is 9.97 Å². The summed E-state index contributed by atoms with van der Waals surface area (Å²) in [5, 5.41) is 0. The molecule has 21 heavy (non-hydrogen) atoms. The minimum atomic E-state index is 0.363. The van der Waals surface area contributed by atoms with E-state index in [1.165, 1.54) is 0 Å². The van der Waals surface area contributed by atoms with Gasteiger partial charge in [0.2, 0.25) is 5.95 Å². The molecule has 0 aromatic carbocycles. The number of rotatable bonds is 6. The molecule has 0 atom stereocenters. The number of hydrogen-bond acceptors (Lipinski definition) is 5. The summed E-state index contributed by atoms with van der Waals surface area (Å²) >= 11 is 0. The third-order valence-corrected chi connectivity index (χ3v) is 3.88. The molecule has 2 N–H and O–H groups in total. The second-order valence-electron chi connectivity index (χ2n) is 6.09. The fourth-order valence-electron chi connectivity index (χ4n) is 2.57. The van der Waals surface area contributed by atoms with Crippen molar-refractivity contribution in [1.29, 1.82) is 0 Å². The van der Waals surface area contributed by atoms with Gasteiger partial charge in [-0.3, -0.25) is 0 Å². The van der Waals surface area contributed by atoms with Crippen LogP contribution < -0.4 is 10.6 Å². The molecule has 118 valence electrons. The second kappa shape index (κ2) is 7.71. The molecule has 0 saturated carbocycles. The Morgan fingerprint density at radius 3 is 2.67 bits per heavy atom. The molecule has 1 aliphatic rings. The predicted octanol–water partition coefficient (Wildman–Crippen LogP) is 2.24. The van der Waals surface area contributed by atoms with Crippen molar-refractivity contribution in [2.24, 2.45) is 5.73 Å². The standard InChI is InChI=1S/C16H28N4O/c1-12(2)15-11-13(3)18-16(19-15)20-8-5-14(6-9-20)21-10-4-7-17/h11-12,14H,4-10,17H2,1-3H3. The Bertz CT molecular complexity index is 442. The Kier molecular flexibility index (Phi) is 5.94. The summed E-state index contributed by atoms with van der Waals surface area (Å²) in [5.41, 5.74) is 7.66. The van der Waals surface area contributed by atoms with Crippen LogP contribution in [-0.4, -0.2) is 42.3 Å². The lowest BCUT2D eigenvalue weighted by Crippen LogP contribution is -2.38. The Morgan fingerprint density at radius 1 is 1.33 bits per heavy atom. The number of nitrogens with two attached hydrogens (primary N) is 1. The summed E-state index contributed by atoms with van der Waals surface area (Å²) in [6.45, 7) is 9.79. The molecule has 1 saturated heterocycles. The fourth-order valence-corrected chi connectivity index (χ4v) is 2.57. The van der Waals surface area contributed by atoms with E-state index in [-0.39, 0.29) is 0 Å². The molecule has 2 heterocycles. The van der Waals surface area contributed by atoms with Gasteiger partial charge in [0.1, 0.15) is 0 Å². The SMILES string of the molecule is Cc1cc(C(C)C)nc(N2CCC(OCCCN)CC2)n1. The lowest BCUT2D eigenvalue weighted by molar-refractivity contribution is 0.0364. The van der Waals surface area contributed by atoms with E-state index in [0.717, 1.165) is 56.3 Å². The van der Waals surface area contributed by atoms with E-state index in [0.29, 0.717) is 18.6 Å². The van der Waals surface area contributed by atoms with Gasteiger partial charge in [0.25, 0.3) is 0 Å². The summed E-state index contributed by atoms with van der Waals surface area (Å²) < 4.78 is 5.85. The largest absolute Gasteiger partial charge is 0.378 e. The van der Waals surface area contributed by atoms with Gasteiger partial charge in [-0.1, -0.05) is 13.8 Å². The number of hydrogen-bond donors (Lipinski definition) is 1. The van der Waals surface area contributed by atoms with E-state index in [1.807, 2.05) is 6.92 Å². The third-order valence-electron chi connectivity index (χ3n) is 3.88. The second-order valence-corrected chi connectivity index (χ2v) is 6.09. The fraction of sp³-hybridized carbons (Fsp3) is 0.750. The summed E-state index contributed by atoms with van der Waals surface area (Å²) in [6, 6.07) is 2.08. The quantitative estimate of drug-likeness (QED) is 0.815. The van der Waals surface area contributed by atoms with Crippen molar-refractivity contribution in [3.8, 4) is 0 Å². The van der Waals surface area contributed by atoms with E-state index in [4.69, 9.17) is 15.5 Å². The van der Waals surface area contributed by atoms with Crippen molar-refractivity contribution in [2.45, 2.75) is 52.1 Å². The van der Waals surface area contributed by atoms with E-state index < -0.39 is 0 Å². The number of piperidine rings is 1. The van der Waals surface area contributed by atoms with Gasteiger partial charge in [0.05, 0.1) is 6.10 Å². The van der Waals surface area contributed by atoms with Crippen LogP contribution in [-0.2, 0) is 4.74 Å². The maximum atomic E-state index is 5.85. The van der Waals surface area contributed by atoms with Crippen LogP contribution in [0.1, 0.15) is 50.4 Å². The van der Waals surface area contributed by atoms with Crippen molar-refractivity contribution < 1.29 is 4.74 Å². The van der Waals surface area contributed by atoms with Crippen molar-refractivity contribution in [3.05, 3.63) is 17.5 Å². The van der Waals surface area contributed by atoms with E-state index >= 15 is 0 Å². The van der Waals surface area contributed by atoms with Crippen LogP contribution in [0.2, 0.25) is 0 Å². The van der Waals surface area contributed by atoms with Crippen LogP contribution in [0.3, 0.4) is 0 Å². The first-order valence-corrected chi connectivity index (χ1v) is 8.02. The molecule has 0 unspecified atom stereocenters. The summed E-state index contributed by atoms with van der Waals surface area (Å²) in [4.78, 5) is 11.6. The zero-order valence-electron chi connectivity index (χ0n) is 13.5. The topological polar surface area (TPSA) is 64.3 Å². The van der Waals surface area contributed by atoms with Crippen LogP contribution in [0.5, 0.6) is 0 Å². The van der Waals surface area contributed by atoms with Crippen molar-refractivity contribution in [3.63, 3.8) is 0 Å². The Labute approximate surface area is 127 Å². The molecule has 5 nitrogen and oxygen atoms in total. The third kappa shape index (κ3) is 4.64. The molecular formula is C16H28N4O. The number of anilines is 1. The molecule has 0 bridgehead atoms. The van der Waals surface area contributed by atoms with Gasteiger partial charge in [-0.15, -0.1) is 0 Å². The molecule has 1 fully saturated rings. The molecule has 1 aliphatic heterocycles. The minimum absolute atomic E-state index is 0.363. The van der Waals surface area contributed by atoms with Gasteiger partial charge in [-0.2, -0.15) is 0 Å². The number of aryl methyl sites for hydroxylation is 1. The highest BCUT2D eigenvalue weighted by Gasteiger charge is 2.22. The molecule has 1 aromatic heterocycles. The molecule has 1 aromatic rings. The number of nitrogens with zero attached hydrogens (tertiary/aromatic N) is 3. The molecule has 2 rings (SSSR count). The van der Waals surface area contributed by atoms with Gasteiger partial charge < -0.3 is 15.4 Å². The lowest BCUT2D eigenvalue weighted by atomic mass is 10.1. The highest BCUT2D eigenvalue weighted by molar-refractivity contribution is 5.33. The highest BCUT2D eigenvalue weighted by Crippen LogP contribution is 2.21. The van der Waals surface area contributed by atoms with Crippen molar-refractivity contribution in [2.75, 3.05) is 31.1 Å². The molecule has 0 aliphatic carbocycles. The van der Waals surface area contributed by atoms with Gasteiger partial charge in [-0.25, -0.2) is 9.97 Å². The van der Waals surface area contributed by atoms with Crippen LogP contribution in [0.15, 0.2) is 6.07 Å². The lowest BCUT2D eigenvalue weighted by Gasteiger charge is -2.32. The van der Waals surface area contributed by atoms with E-state index in [2.05, 4.69) is 29.8 Å². The van der Waals surface area contributed by atoms with Gasteiger partial charge in [0.15, 0.2) is 0 Å².